The van der Waals surface area contributed by atoms with Crippen molar-refractivity contribution in [3.05, 3.63) is 22.7 Å². The van der Waals surface area contributed by atoms with Crippen molar-refractivity contribution in [2.24, 2.45) is 0 Å². The molecule has 140 valence electrons. The van der Waals surface area contributed by atoms with Gasteiger partial charge in [0, 0.05) is 12.1 Å². The summed E-state index contributed by atoms with van der Waals surface area (Å²) in [7, 11) is -1.70. The molecular weight excluding hydrogens is 372 g/mol. The molecule has 25 heavy (non-hydrogen) atoms. The van der Waals surface area contributed by atoms with Gasteiger partial charge in [0.2, 0.25) is 10.0 Å². The van der Waals surface area contributed by atoms with Gasteiger partial charge in [0.05, 0.1) is 12.7 Å². The van der Waals surface area contributed by atoms with Crippen LogP contribution in [0.15, 0.2) is 17.0 Å². The highest BCUT2D eigenvalue weighted by Gasteiger charge is 2.30. The van der Waals surface area contributed by atoms with E-state index in [9.17, 15) is 23.1 Å². The number of hydrogen-bond donors (Lipinski definition) is 3. The summed E-state index contributed by atoms with van der Waals surface area (Å²) in [6, 6.07) is 1.08. The largest absolute Gasteiger partial charge is 0.494 e. The number of sulfonamides is 1. The predicted molar refractivity (Wildman–Crippen MR) is 92.7 cm³/mol. The quantitative estimate of drug-likeness (QED) is 0.587. The smallest absolute Gasteiger partial charge is 0.321 e. The van der Waals surface area contributed by atoms with Crippen molar-refractivity contribution in [1.29, 1.82) is 0 Å². The van der Waals surface area contributed by atoms with Crippen molar-refractivity contribution < 1.29 is 27.9 Å². The van der Waals surface area contributed by atoms with E-state index in [4.69, 9.17) is 16.3 Å². The van der Waals surface area contributed by atoms with E-state index in [0.717, 1.165) is 6.07 Å². The highest BCUT2D eigenvalue weighted by molar-refractivity contribution is 7.89. The van der Waals surface area contributed by atoms with E-state index in [1.54, 1.807) is 0 Å². The van der Waals surface area contributed by atoms with E-state index in [1.165, 1.54) is 20.2 Å². The third-order valence-electron chi connectivity index (χ3n) is 3.43. The highest BCUT2D eigenvalue weighted by Crippen LogP contribution is 2.32. The summed E-state index contributed by atoms with van der Waals surface area (Å²) >= 11 is 5.92. The second kappa shape index (κ2) is 9.02. The molecule has 0 aliphatic carbocycles. The van der Waals surface area contributed by atoms with Crippen molar-refractivity contribution in [3.63, 3.8) is 0 Å². The van der Waals surface area contributed by atoms with Crippen molar-refractivity contribution >= 4 is 33.5 Å². The molecule has 0 aromatic heterocycles. The number of benzene rings is 1. The van der Waals surface area contributed by atoms with Crippen LogP contribution < -0.4 is 14.8 Å². The standard InChI is InChI=1S/C15H21ClN2O6S/c1-4-5-6-11(15(20)21)18-25(22,23)12-8-9(16)7-10(13(12)24-3)14(19)17-2/h7-8,11,18H,4-6H2,1-3H3,(H,17,19)(H,20,21). The van der Waals surface area contributed by atoms with Gasteiger partial charge >= 0.3 is 5.97 Å². The van der Waals surface area contributed by atoms with Gasteiger partial charge < -0.3 is 15.2 Å². The zero-order valence-corrected chi connectivity index (χ0v) is 15.7. The van der Waals surface area contributed by atoms with Gasteiger partial charge in [-0.25, -0.2) is 8.42 Å². The molecule has 1 rings (SSSR count). The number of carboxylic acids is 1. The van der Waals surface area contributed by atoms with Gasteiger partial charge in [-0.15, -0.1) is 0 Å². The average molecular weight is 393 g/mol. The lowest BCUT2D eigenvalue weighted by atomic mass is 10.1. The first-order valence-electron chi connectivity index (χ1n) is 7.52. The lowest BCUT2D eigenvalue weighted by molar-refractivity contribution is -0.139. The first kappa shape index (κ1) is 21.2. The maximum absolute atomic E-state index is 12.7. The molecule has 0 aliphatic heterocycles. The number of halogens is 1. The van der Waals surface area contributed by atoms with Crippen LogP contribution in [0, 0.1) is 0 Å². The maximum atomic E-state index is 12.7. The molecule has 0 saturated heterocycles. The van der Waals surface area contributed by atoms with Gasteiger partial charge in [-0.1, -0.05) is 31.4 Å². The summed E-state index contributed by atoms with van der Waals surface area (Å²) < 4.78 is 32.5. The number of methoxy groups -OCH3 is 1. The summed E-state index contributed by atoms with van der Waals surface area (Å²) in [5, 5.41) is 11.6. The van der Waals surface area contributed by atoms with Crippen LogP contribution in [0.25, 0.3) is 0 Å². The number of carbonyl (C=O) groups is 2. The van der Waals surface area contributed by atoms with Crippen LogP contribution in [-0.2, 0) is 14.8 Å². The maximum Gasteiger partial charge on any atom is 0.321 e. The molecule has 1 amide bonds. The van der Waals surface area contributed by atoms with E-state index >= 15 is 0 Å². The van der Waals surface area contributed by atoms with E-state index in [0.29, 0.717) is 12.8 Å². The molecular formula is C15H21ClN2O6S. The van der Waals surface area contributed by atoms with E-state index in [-0.39, 0.29) is 22.8 Å². The van der Waals surface area contributed by atoms with Crippen molar-refractivity contribution in [1.82, 2.24) is 10.0 Å². The Hall–Kier alpha value is -1.84. The van der Waals surface area contributed by atoms with Crippen LogP contribution in [-0.4, -0.2) is 45.6 Å². The molecule has 0 aliphatic rings. The summed E-state index contributed by atoms with van der Waals surface area (Å²) in [6.07, 6.45) is 1.39. The molecule has 0 spiro atoms. The minimum Gasteiger partial charge on any atom is -0.494 e. The second-order valence-corrected chi connectivity index (χ2v) is 7.34. The molecule has 0 fully saturated rings. The molecule has 0 saturated carbocycles. The Morgan fingerprint density at radius 2 is 2.00 bits per heavy atom. The fourth-order valence-electron chi connectivity index (χ4n) is 2.17. The second-order valence-electron chi connectivity index (χ2n) is 5.22. The summed E-state index contributed by atoms with van der Waals surface area (Å²) in [5.41, 5.74) is -0.0710. The topological polar surface area (TPSA) is 122 Å². The number of carboxylic acid groups (broad SMARTS) is 1. The molecule has 0 radical (unpaired) electrons. The number of unbranched alkanes of at least 4 members (excludes halogenated alkanes) is 1. The Kier molecular flexibility index (Phi) is 7.65. The minimum absolute atomic E-state index is 0.000193. The first-order valence-corrected chi connectivity index (χ1v) is 9.38. The molecule has 0 bridgehead atoms. The number of amides is 1. The number of nitrogens with one attached hydrogen (secondary N) is 2. The minimum atomic E-state index is -4.28. The Bertz CT molecular complexity index is 751. The zero-order chi connectivity index (χ0) is 19.2. The zero-order valence-electron chi connectivity index (χ0n) is 14.1. The lowest BCUT2D eigenvalue weighted by Crippen LogP contribution is -2.40. The van der Waals surface area contributed by atoms with Crippen LogP contribution in [0.2, 0.25) is 5.02 Å². The molecule has 3 N–H and O–H groups in total. The first-order chi connectivity index (χ1) is 11.7. The molecule has 1 aromatic carbocycles. The number of hydrogen-bond acceptors (Lipinski definition) is 5. The van der Waals surface area contributed by atoms with Crippen LogP contribution >= 0.6 is 11.6 Å². The fourth-order valence-corrected chi connectivity index (χ4v) is 3.90. The fraction of sp³-hybridized carbons (Fsp3) is 0.467. The molecule has 1 unspecified atom stereocenters. The van der Waals surface area contributed by atoms with Crippen LogP contribution in [0.1, 0.15) is 36.5 Å². The van der Waals surface area contributed by atoms with E-state index < -0.39 is 32.8 Å². The number of rotatable bonds is 9. The SMILES string of the molecule is CCCCC(NS(=O)(=O)c1cc(Cl)cc(C(=O)NC)c1OC)C(=O)O. The van der Waals surface area contributed by atoms with Gasteiger partial charge in [0.25, 0.3) is 5.91 Å². The molecule has 0 heterocycles. The third kappa shape index (κ3) is 5.32. The van der Waals surface area contributed by atoms with Gasteiger partial charge in [0.1, 0.15) is 10.9 Å². The highest BCUT2D eigenvalue weighted by atomic mass is 35.5. The van der Waals surface area contributed by atoms with Gasteiger partial charge in [0.15, 0.2) is 5.75 Å². The summed E-state index contributed by atoms with van der Waals surface area (Å²) in [5.74, 6) is -2.09. The molecule has 8 nitrogen and oxygen atoms in total. The summed E-state index contributed by atoms with van der Waals surface area (Å²) in [6.45, 7) is 1.86. The van der Waals surface area contributed by atoms with Crippen LogP contribution in [0.5, 0.6) is 5.75 Å². The van der Waals surface area contributed by atoms with Gasteiger partial charge in [-0.2, -0.15) is 4.72 Å². The van der Waals surface area contributed by atoms with Gasteiger partial charge in [-0.05, 0) is 18.6 Å². The Morgan fingerprint density at radius 3 is 2.48 bits per heavy atom. The average Bonchev–Trinajstić information content (AvgIpc) is 2.56. The van der Waals surface area contributed by atoms with Crippen molar-refractivity contribution in [3.8, 4) is 5.75 Å². The number of carbonyl (C=O) groups excluding carboxylic acids is 1. The lowest BCUT2D eigenvalue weighted by Gasteiger charge is -2.18. The van der Waals surface area contributed by atoms with E-state index in [2.05, 4.69) is 10.0 Å². The third-order valence-corrected chi connectivity index (χ3v) is 5.12. The predicted octanol–water partition coefficient (Wildman–Crippen LogP) is 1.63. The van der Waals surface area contributed by atoms with Crippen LogP contribution in [0.4, 0.5) is 0 Å². The Labute approximate surface area is 151 Å². The van der Waals surface area contributed by atoms with E-state index in [1.807, 2.05) is 6.92 Å². The molecule has 1 aromatic rings. The van der Waals surface area contributed by atoms with Crippen LogP contribution in [0.3, 0.4) is 0 Å². The van der Waals surface area contributed by atoms with Crippen molar-refractivity contribution in [2.45, 2.75) is 37.1 Å². The number of aliphatic carboxylic acids is 1. The van der Waals surface area contributed by atoms with Crippen molar-refractivity contribution in [2.75, 3.05) is 14.2 Å². The number of ether oxygens (including phenoxy) is 1. The Morgan fingerprint density at radius 1 is 1.36 bits per heavy atom. The normalized spacial score (nSPS) is 12.5. The monoisotopic (exact) mass is 392 g/mol. The molecule has 1 atom stereocenters. The Balaban J connectivity index is 3.39. The van der Waals surface area contributed by atoms with Gasteiger partial charge in [-0.3, -0.25) is 9.59 Å². The summed E-state index contributed by atoms with van der Waals surface area (Å²) in [4.78, 5) is 22.8. The molecule has 10 heteroatoms.